The van der Waals surface area contributed by atoms with Gasteiger partial charge in [-0.2, -0.15) is 5.10 Å². The third-order valence-electron chi connectivity index (χ3n) is 3.26. The molecule has 0 radical (unpaired) electrons. The highest BCUT2D eigenvalue weighted by atomic mass is 31.1. The lowest BCUT2D eigenvalue weighted by Gasteiger charge is -2.18. The van der Waals surface area contributed by atoms with Crippen LogP contribution in [0, 0.1) is 0 Å². The second-order valence-corrected chi connectivity index (χ2v) is 6.89. The van der Waals surface area contributed by atoms with E-state index in [1.807, 2.05) is 4.68 Å². The molecule has 0 aliphatic heterocycles. The van der Waals surface area contributed by atoms with Gasteiger partial charge in [0.2, 0.25) is 0 Å². The van der Waals surface area contributed by atoms with Crippen LogP contribution in [0.4, 0.5) is 0 Å². The summed E-state index contributed by atoms with van der Waals surface area (Å²) in [6.45, 7) is 3.08. The smallest absolute Gasteiger partial charge is 0.158 e. The first-order valence-electron chi connectivity index (χ1n) is 7.18. The molecule has 1 aromatic heterocycles. The molecule has 1 heterocycles. The van der Waals surface area contributed by atoms with Crippen LogP contribution in [0.2, 0.25) is 0 Å². The maximum Gasteiger partial charge on any atom is 0.158 e. The minimum Gasteiger partial charge on any atom is -0.246 e. The Bertz CT molecular complexity index is 640. The van der Waals surface area contributed by atoms with E-state index in [2.05, 4.69) is 77.7 Å². The van der Waals surface area contributed by atoms with Crippen molar-refractivity contribution in [2.24, 2.45) is 0 Å². The summed E-state index contributed by atoms with van der Waals surface area (Å²) >= 11 is 0. The molecule has 2 aromatic carbocycles. The summed E-state index contributed by atoms with van der Waals surface area (Å²) in [6.07, 6.45) is 2.73. The van der Waals surface area contributed by atoms with Gasteiger partial charge in [-0.3, -0.25) is 0 Å². The van der Waals surface area contributed by atoms with Crippen molar-refractivity contribution in [3.8, 4) is 0 Å². The van der Waals surface area contributed by atoms with E-state index < -0.39 is 7.92 Å². The van der Waals surface area contributed by atoms with E-state index in [0.717, 1.165) is 18.5 Å². The predicted octanol–water partition coefficient (Wildman–Crippen LogP) is 2.45. The van der Waals surface area contributed by atoms with Crippen molar-refractivity contribution >= 4 is 24.1 Å². The van der Waals surface area contributed by atoms with E-state index in [1.54, 1.807) is 6.33 Å². The normalized spacial score (nSPS) is 11.0. The molecular formula is C17H18N3P. The molecule has 0 saturated heterocycles. The van der Waals surface area contributed by atoms with Crippen molar-refractivity contribution in [3.05, 3.63) is 67.0 Å². The minimum absolute atomic E-state index is 0.652. The van der Waals surface area contributed by atoms with Crippen molar-refractivity contribution in [1.29, 1.82) is 0 Å². The van der Waals surface area contributed by atoms with Crippen LogP contribution in [-0.2, 0) is 6.54 Å². The Kier molecular flexibility index (Phi) is 4.42. The zero-order valence-corrected chi connectivity index (χ0v) is 12.9. The monoisotopic (exact) mass is 295 g/mol. The number of hydrogen-bond acceptors (Lipinski definition) is 2. The van der Waals surface area contributed by atoms with Crippen molar-refractivity contribution in [3.63, 3.8) is 0 Å². The molecular weight excluding hydrogens is 277 g/mol. The van der Waals surface area contributed by atoms with E-state index in [1.165, 1.54) is 10.6 Å². The van der Waals surface area contributed by atoms with Gasteiger partial charge in [0.15, 0.2) is 5.57 Å². The lowest BCUT2D eigenvalue weighted by atomic mass is 10.4. The van der Waals surface area contributed by atoms with Gasteiger partial charge in [0.1, 0.15) is 6.33 Å². The van der Waals surface area contributed by atoms with Crippen LogP contribution in [0.1, 0.15) is 13.3 Å². The number of hydrogen-bond donors (Lipinski definition) is 0. The molecule has 0 saturated carbocycles. The van der Waals surface area contributed by atoms with Crippen LogP contribution < -0.4 is 16.2 Å². The van der Waals surface area contributed by atoms with Crippen LogP contribution in [0.5, 0.6) is 0 Å². The Labute approximate surface area is 126 Å². The van der Waals surface area contributed by atoms with E-state index >= 15 is 0 Å². The summed E-state index contributed by atoms with van der Waals surface area (Å²) in [5, 5.41) is 7.02. The molecule has 0 unspecified atom stereocenters. The summed E-state index contributed by atoms with van der Waals surface area (Å²) in [5.41, 5.74) is 1.07. The Balaban J connectivity index is 2.11. The number of benzene rings is 2. The molecule has 21 heavy (non-hydrogen) atoms. The molecule has 0 spiro atoms. The molecule has 0 aliphatic rings. The van der Waals surface area contributed by atoms with Gasteiger partial charge < -0.3 is 0 Å². The number of nitrogens with zero attached hydrogens (tertiary/aromatic N) is 3. The quantitative estimate of drug-likeness (QED) is 0.677. The fourth-order valence-corrected chi connectivity index (χ4v) is 4.59. The highest BCUT2D eigenvalue weighted by Crippen LogP contribution is 2.31. The first-order chi connectivity index (χ1) is 10.4. The average molecular weight is 295 g/mol. The fourth-order valence-electron chi connectivity index (χ4n) is 2.33. The summed E-state index contributed by atoms with van der Waals surface area (Å²) in [6, 6.07) is 21.2. The van der Waals surface area contributed by atoms with Gasteiger partial charge in [-0.1, -0.05) is 67.6 Å². The van der Waals surface area contributed by atoms with E-state index in [9.17, 15) is 0 Å². The molecule has 0 N–H and O–H groups in total. The largest absolute Gasteiger partial charge is 0.246 e. The SMILES string of the molecule is CCCn1ncnc1P(c1ccccc1)c1ccccc1. The van der Waals surface area contributed by atoms with Crippen molar-refractivity contribution in [2.45, 2.75) is 19.9 Å². The molecule has 3 rings (SSSR count). The first-order valence-corrected chi connectivity index (χ1v) is 8.52. The van der Waals surface area contributed by atoms with Crippen molar-refractivity contribution < 1.29 is 0 Å². The highest BCUT2D eigenvalue weighted by molar-refractivity contribution is 7.79. The Hall–Kier alpha value is -1.99. The second kappa shape index (κ2) is 6.64. The Morgan fingerprint density at radius 2 is 1.48 bits per heavy atom. The fraction of sp³-hybridized carbons (Fsp3) is 0.176. The third-order valence-corrected chi connectivity index (χ3v) is 5.63. The summed E-state index contributed by atoms with van der Waals surface area (Å²) < 4.78 is 2.05. The van der Waals surface area contributed by atoms with Crippen LogP contribution in [0.15, 0.2) is 67.0 Å². The number of aromatic nitrogens is 3. The minimum atomic E-state index is -0.652. The van der Waals surface area contributed by atoms with Crippen molar-refractivity contribution in [1.82, 2.24) is 14.8 Å². The lowest BCUT2D eigenvalue weighted by Crippen LogP contribution is -2.28. The van der Waals surface area contributed by atoms with Gasteiger partial charge in [0.05, 0.1) is 0 Å². The summed E-state index contributed by atoms with van der Waals surface area (Å²) in [7, 11) is -0.652. The topological polar surface area (TPSA) is 30.7 Å². The molecule has 4 heteroatoms. The van der Waals surface area contributed by atoms with Crippen LogP contribution in [0.25, 0.3) is 0 Å². The standard InChI is InChI=1S/C17H18N3P/c1-2-13-20-17(18-14-19-20)21(15-9-5-3-6-10-15)16-11-7-4-8-12-16/h3-12,14H,2,13H2,1H3. The number of rotatable bonds is 5. The van der Waals surface area contributed by atoms with Crippen molar-refractivity contribution in [2.75, 3.05) is 0 Å². The average Bonchev–Trinajstić information content (AvgIpc) is 2.98. The molecule has 3 nitrogen and oxygen atoms in total. The van der Waals surface area contributed by atoms with Gasteiger partial charge in [-0.05, 0) is 17.0 Å². The molecule has 0 fully saturated rings. The predicted molar refractivity (Wildman–Crippen MR) is 89.0 cm³/mol. The third kappa shape index (κ3) is 3.03. The Morgan fingerprint density at radius 3 is 2.00 bits per heavy atom. The van der Waals surface area contributed by atoms with Gasteiger partial charge in [0.25, 0.3) is 0 Å². The Morgan fingerprint density at radius 1 is 0.905 bits per heavy atom. The van der Waals surface area contributed by atoms with Gasteiger partial charge >= 0.3 is 0 Å². The lowest BCUT2D eigenvalue weighted by molar-refractivity contribution is 0.617. The summed E-state index contributed by atoms with van der Waals surface area (Å²) in [5.74, 6) is 0. The maximum atomic E-state index is 4.57. The van der Waals surface area contributed by atoms with Crippen LogP contribution in [-0.4, -0.2) is 14.8 Å². The highest BCUT2D eigenvalue weighted by Gasteiger charge is 2.21. The van der Waals surface area contributed by atoms with Crippen LogP contribution >= 0.6 is 7.92 Å². The van der Waals surface area contributed by atoms with Gasteiger partial charge in [-0.15, -0.1) is 0 Å². The molecule has 106 valence electrons. The summed E-state index contributed by atoms with van der Waals surface area (Å²) in [4.78, 5) is 4.57. The van der Waals surface area contributed by atoms with Crippen LogP contribution in [0.3, 0.4) is 0 Å². The van der Waals surface area contributed by atoms with Gasteiger partial charge in [0, 0.05) is 14.5 Å². The van der Waals surface area contributed by atoms with E-state index in [4.69, 9.17) is 0 Å². The van der Waals surface area contributed by atoms with E-state index in [0.29, 0.717) is 0 Å². The second-order valence-electron chi connectivity index (χ2n) is 4.79. The van der Waals surface area contributed by atoms with E-state index in [-0.39, 0.29) is 0 Å². The zero-order chi connectivity index (χ0) is 14.5. The maximum absolute atomic E-state index is 4.57. The molecule has 0 amide bonds. The molecule has 0 aliphatic carbocycles. The molecule has 0 bridgehead atoms. The zero-order valence-electron chi connectivity index (χ0n) is 12.1. The first kappa shape index (κ1) is 14.0. The molecule has 3 aromatic rings. The van der Waals surface area contributed by atoms with Gasteiger partial charge in [-0.25, -0.2) is 9.67 Å². The molecule has 0 atom stereocenters. The number of aryl methyl sites for hydroxylation is 1.